The van der Waals surface area contributed by atoms with Crippen molar-refractivity contribution < 1.29 is 9.53 Å². The zero-order chi connectivity index (χ0) is 9.59. The number of amides is 1. The smallest absolute Gasteiger partial charge is 0.244 e. The van der Waals surface area contributed by atoms with Crippen molar-refractivity contribution in [3.8, 4) is 0 Å². The Balaban J connectivity index is 2.20. The molecule has 2 aliphatic heterocycles. The Morgan fingerprint density at radius 3 is 2.85 bits per heavy atom. The Hall–Kier alpha value is -0.610. The Labute approximate surface area is 78.0 Å². The average Bonchev–Trinajstić information content (AvgIpc) is 2.43. The molecule has 0 saturated carbocycles. The first-order chi connectivity index (χ1) is 6.11. The SMILES string of the molecule is CC1OC2CCC(C)N2C(=O)[C@H]1N. The van der Waals surface area contributed by atoms with Crippen molar-refractivity contribution >= 4 is 5.91 Å². The summed E-state index contributed by atoms with van der Waals surface area (Å²) >= 11 is 0. The lowest BCUT2D eigenvalue weighted by molar-refractivity contribution is -0.172. The molecule has 1 amide bonds. The van der Waals surface area contributed by atoms with E-state index < -0.39 is 6.04 Å². The van der Waals surface area contributed by atoms with Crippen LogP contribution in [-0.2, 0) is 9.53 Å². The quantitative estimate of drug-likeness (QED) is 0.579. The van der Waals surface area contributed by atoms with E-state index in [2.05, 4.69) is 0 Å². The van der Waals surface area contributed by atoms with Gasteiger partial charge in [0.05, 0.1) is 6.10 Å². The second-order valence-corrected chi connectivity index (χ2v) is 3.99. The Kier molecular flexibility index (Phi) is 2.04. The number of carbonyl (C=O) groups is 1. The van der Waals surface area contributed by atoms with Gasteiger partial charge in [0.2, 0.25) is 5.91 Å². The fourth-order valence-corrected chi connectivity index (χ4v) is 2.14. The molecular weight excluding hydrogens is 168 g/mol. The van der Waals surface area contributed by atoms with Gasteiger partial charge in [-0.2, -0.15) is 0 Å². The minimum Gasteiger partial charge on any atom is -0.353 e. The predicted octanol–water partition coefficient (Wildman–Crippen LogP) is 0.0694. The first-order valence-electron chi connectivity index (χ1n) is 4.84. The molecule has 0 radical (unpaired) electrons. The van der Waals surface area contributed by atoms with E-state index in [9.17, 15) is 4.79 Å². The van der Waals surface area contributed by atoms with Crippen LogP contribution in [0.4, 0.5) is 0 Å². The maximum Gasteiger partial charge on any atom is 0.244 e. The second kappa shape index (κ2) is 2.96. The normalized spacial score (nSPS) is 45.2. The van der Waals surface area contributed by atoms with Gasteiger partial charge in [0, 0.05) is 6.04 Å². The number of rotatable bonds is 0. The van der Waals surface area contributed by atoms with Gasteiger partial charge in [-0.25, -0.2) is 0 Å². The zero-order valence-corrected chi connectivity index (χ0v) is 8.06. The lowest BCUT2D eigenvalue weighted by Gasteiger charge is -2.39. The number of fused-ring (bicyclic) bond motifs is 1. The lowest BCUT2D eigenvalue weighted by atomic mass is 10.1. The van der Waals surface area contributed by atoms with Gasteiger partial charge in [-0.15, -0.1) is 0 Å². The van der Waals surface area contributed by atoms with E-state index in [1.54, 1.807) is 4.90 Å². The molecule has 13 heavy (non-hydrogen) atoms. The number of carbonyl (C=O) groups excluding carboxylic acids is 1. The highest BCUT2D eigenvalue weighted by Gasteiger charge is 2.44. The van der Waals surface area contributed by atoms with Gasteiger partial charge in [0.15, 0.2) is 0 Å². The van der Waals surface area contributed by atoms with Crippen molar-refractivity contribution in [2.24, 2.45) is 5.73 Å². The highest BCUT2D eigenvalue weighted by Crippen LogP contribution is 2.30. The molecule has 2 rings (SSSR count). The largest absolute Gasteiger partial charge is 0.353 e. The molecule has 74 valence electrons. The first kappa shape index (κ1) is 8.97. The summed E-state index contributed by atoms with van der Waals surface area (Å²) in [6.07, 6.45) is 1.82. The predicted molar refractivity (Wildman–Crippen MR) is 47.9 cm³/mol. The first-order valence-corrected chi connectivity index (χ1v) is 4.84. The molecule has 3 unspecified atom stereocenters. The standard InChI is InChI=1S/C9H16N2O2/c1-5-3-4-7-11(5)9(12)8(10)6(2)13-7/h5-8H,3-4,10H2,1-2H3/t5?,6?,7?,8-/m0/s1. The molecule has 4 nitrogen and oxygen atoms in total. The highest BCUT2D eigenvalue weighted by atomic mass is 16.5. The van der Waals surface area contributed by atoms with Gasteiger partial charge in [-0.1, -0.05) is 0 Å². The summed E-state index contributed by atoms with van der Waals surface area (Å²) in [5, 5.41) is 0. The minimum absolute atomic E-state index is 0.0164. The molecule has 2 N–H and O–H groups in total. The zero-order valence-electron chi connectivity index (χ0n) is 8.06. The molecule has 2 aliphatic rings. The topological polar surface area (TPSA) is 55.6 Å². The Morgan fingerprint density at radius 1 is 1.46 bits per heavy atom. The van der Waals surface area contributed by atoms with Gasteiger partial charge < -0.3 is 15.4 Å². The molecule has 2 fully saturated rings. The Morgan fingerprint density at radius 2 is 2.15 bits per heavy atom. The maximum atomic E-state index is 11.7. The number of nitrogens with two attached hydrogens (primary N) is 1. The highest BCUT2D eigenvalue weighted by molar-refractivity contribution is 5.83. The number of hydrogen-bond donors (Lipinski definition) is 1. The summed E-state index contributed by atoms with van der Waals surface area (Å²) in [5.74, 6) is 0.0498. The molecule has 0 aromatic heterocycles. The Bertz CT molecular complexity index is 232. The molecule has 4 atom stereocenters. The van der Waals surface area contributed by atoms with Crippen LogP contribution in [0.5, 0.6) is 0 Å². The molecular formula is C9H16N2O2. The van der Waals surface area contributed by atoms with Crippen LogP contribution in [0.3, 0.4) is 0 Å². The van der Waals surface area contributed by atoms with Crippen LogP contribution < -0.4 is 5.73 Å². The molecule has 4 heteroatoms. The number of ether oxygens (including phenoxy) is 1. The van der Waals surface area contributed by atoms with Crippen molar-refractivity contribution in [2.75, 3.05) is 0 Å². The minimum atomic E-state index is -0.475. The molecule has 0 aliphatic carbocycles. The van der Waals surface area contributed by atoms with Crippen molar-refractivity contribution in [1.29, 1.82) is 0 Å². The molecule has 2 heterocycles. The van der Waals surface area contributed by atoms with Gasteiger partial charge in [0.1, 0.15) is 12.3 Å². The molecule has 0 bridgehead atoms. The maximum absolute atomic E-state index is 11.7. The lowest BCUT2D eigenvalue weighted by Crippen LogP contribution is -2.59. The van der Waals surface area contributed by atoms with E-state index in [-0.39, 0.29) is 24.3 Å². The van der Waals surface area contributed by atoms with Gasteiger partial charge in [0.25, 0.3) is 0 Å². The van der Waals surface area contributed by atoms with Gasteiger partial charge >= 0.3 is 0 Å². The van der Waals surface area contributed by atoms with Crippen LogP contribution in [0.1, 0.15) is 26.7 Å². The average molecular weight is 184 g/mol. The molecule has 2 saturated heterocycles. The summed E-state index contributed by atoms with van der Waals surface area (Å²) in [6.45, 7) is 3.91. The fraction of sp³-hybridized carbons (Fsp3) is 0.889. The number of nitrogens with zero attached hydrogens (tertiary/aromatic N) is 1. The third kappa shape index (κ3) is 1.25. The van der Waals surface area contributed by atoms with E-state index in [1.165, 1.54) is 0 Å². The summed E-state index contributed by atoms with van der Waals surface area (Å²) in [7, 11) is 0. The molecule has 0 aromatic carbocycles. The second-order valence-electron chi connectivity index (χ2n) is 3.99. The van der Waals surface area contributed by atoms with E-state index >= 15 is 0 Å². The fourth-order valence-electron chi connectivity index (χ4n) is 2.14. The summed E-state index contributed by atoms with van der Waals surface area (Å²) in [5.41, 5.74) is 5.72. The monoisotopic (exact) mass is 184 g/mol. The molecule has 0 spiro atoms. The van der Waals surface area contributed by atoms with Crippen LogP contribution >= 0.6 is 0 Å². The van der Waals surface area contributed by atoms with Crippen LogP contribution in [0, 0.1) is 0 Å². The van der Waals surface area contributed by atoms with Gasteiger partial charge in [-0.05, 0) is 26.7 Å². The van der Waals surface area contributed by atoms with E-state index in [0.29, 0.717) is 0 Å². The summed E-state index contributed by atoms with van der Waals surface area (Å²) in [6, 6.07) is -0.187. The van der Waals surface area contributed by atoms with Crippen LogP contribution in [-0.4, -0.2) is 35.2 Å². The van der Waals surface area contributed by atoms with Crippen molar-refractivity contribution in [2.45, 2.75) is 51.1 Å². The van der Waals surface area contributed by atoms with E-state index in [4.69, 9.17) is 10.5 Å². The molecule has 0 aromatic rings. The summed E-state index contributed by atoms with van der Waals surface area (Å²) in [4.78, 5) is 13.5. The van der Waals surface area contributed by atoms with Crippen LogP contribution in [0.2, 0.25) is 0 Å². The van der Waals surface area contributed by atoms with E-state index in [1.807, 2.05) is 13.8 Å². The summed E-state index contributed by atoms with van der Waals surface area (Å²) < 4.78 is 5.64. The van der Waals surface area contributed by atoms with Crippen LogP contribution in [0.25, 0.3) is 0 Å². The third-order valence-corrected chi connectivity index (χ3v) is 3.03. The van der Waals surface area contributed by atoms with Gasteiger partial charge in [-0.3, -0.25) is 4.79 Å². The number of hydrogen-bond acceptors (Lipinski definition) is 3. The van der Waals surface area contributed by atoms with E-state index in [0.717, 1.165) is 12.8 Å². The van der Waals surface area contributed by atoms with Crippen LogP contribution in [0.15, 0.2) is 0 Å². The third-order valence-electron chi connectivity index (χ3n) is 3.03. The van der Waals surface area contributed by atoms with Crippen molar-refractivity contribution in [3.63, 3.8) is 0 Å². The van der Waals surface area contributed by atoms with Crippen molar-refractivity contribution in [1.82, 2.24) is 4.90 Å². The van der Waals surface area contributed by atoms with Crippen molar-refractivity contribution in [3.05, 3.63) is 0 Å².